The second-order valence-electron chi connectivity index (χ2n) is 4.77. The van der Waals surface area contributed by atoms with Crippen LogP contribution in [0.25, 0.3) is 0 Å². The highest BCUT2D eigenvalue weighted by Crippen LogP contribution is 2.23. The highest BCUT2D eigenvalue weighted by molar-refractivity contribution is 7.89. The Kier molecular flexibility index (Phi) is 4.53. The normalized spacial score (nSPS) is 16.4. The van der Waals surface area contributed by atoms with Gasteiger partial charge in [0.1, 0.15) is 6.07 Å². The number of benzene rings is 1. The number of hydrogen-bond donors (Lipinski definition) is 1. The van der Waals surface area contributed by atoms with Crippen molar-refractivity contribution in [2.75, 3.05) is 30.7 Å². The van der Waals surface area contributed by atoms with E-state index in [0.29, 0.717) is 30.2 Å². The third kappa shape index (κ3) is 3.23. The zero-order valence-corrected chi connectivity index (χ0v) is 12.7. The van der Waals surface area contributed by atoms with Crippen molar-refractivity contribution < 1.29 is 8.42 Å². The number of rotatable bonds is 5. The molecular weight excluding hydrogens is 298 g/mol. The summed E-state index contributed by atoms with van der Waals surface area (Å²) in [5.74, 6) is 0.418. The smallest absolute Gasteiger partial charge is 0.213 e. The Balaban J connectivity index is 1.89. The molecule has 108 valence electrons. The van der Waals surface area contributed by atoms with Crippen LogP contribution in [0, 0.1) is 17.2 Å². The number of sulfonamides is 1. The minimum Gasteiger partial charge on any atom is -0.384 e. The molecule has 2 rings (SSSR count). The van der Waals surface area contributed by atoms with E-state index < -0.39 is 10.0 Å². The number of halogens is 1. The van der Waals surface area contributed by atoms with E-state index in [0.717, 1.165) is 5.69 Å². The molecule has 1 aliphatic heterocycles. The van der Waals surface area contributed by atoms with Crippen molar-refractivity contribution in [3.63, 3.8) is 0 Å². The van der Waals surface area contributed by atoms with Gasteiger partial charge in [-0.15, -0.1) is 0 Å². The van der Waals surface area contributed by atoms with Gasteiger partial charge in [0.15, 0.2) is 0 Å². The van der Waals surface area contributed by atoms with Crippen LogP contribution in [0.3, 0.4) is 0 Å². The van der Waals surface area contributed by atoms with Gasteiger partial charge in [0.2, 0.25) is 10.0 Å². The molecule has 5 nitrogen and oxygen atoms in total. The first-order chi connectivity index (χ1) is 9.46. The molecule has 0 aliphatic carbocycles. The minimum atomic E-state index is -3.06. The van der Waals surface area contributed by atoms with Gasteiger partial charge in [-0.2, -0.15) is 5.26 Å². The van der Waals surface area contributed by atoms with Crippen molar-refractivity contribution in [2.24, 2.45) is 5.92 Å². The van der Waals surface area contributed by atoms with Gasteiger partial charge >= 0.3 is 0 Å². The predicted molar refractivity (Wildman–Crippen MR) is 79.2 cm³/mol. The predicted octanol–water partition coefficient (Wildman–Crippen LogP) is 1.91. The van der Waals surface area contributed by atoms with Gasteiger partial charge in [0.05, 0.1) is 17.0 Å². The maximum atomic E-state index is 11.6. The lowest BCUT2D eigenvalue weighted by molar-refractivity contribution is 0.212. The van der Waals surface area contributed by atoms with Gasteiger partial charge in [-0.25, -0.2) is 12.7 Å². The topological polar surface area (TPSA) is 73.2 Å². The standard InChI is InChI=1S/C13H16ClN3O2S/c1-2-20(18,19)17-8-10(9-17)7-16-13-4-3-12(14)5-11(13)6-15/h3-5,10,16H,2,7-9H2,1H3. The van der Waals surface area contributed by atoms with Crippen molar-refractivity contribution in [2.45, 2.75) is 6.92 Å². The molecule has 20 heavy (non-hydrogen) atoms. The second kappa shape index (κ2) is 6.00. The highest BCUT2D eigenvalue weighted by atomic mass is 35.5. The number of nitriles is 1. The van der Waals surface area contributed by atoms with Crippen molar-refractivity contribution in [1.82, 2.24) is 4.31 Å². The van der Waals surface area contributed by atoms with Crippen LogP contribution in [0.4, 0.5) is 5.69 Å². The molecule has 1 N–H and O–H groups in total. The third-order valence-electron chi connectivity index (χ3n) is 3.37. The lowest BCUT2D eigenvalue weighted by atomic mass is 10.0. The van der Waals surface area contributed by atoms with Crippen LogP contribution in [0.5, 0.6) is 0 Å². The Morgan fingerprint density at radius 2 is 2.20 bits per heavy atom. The first-order valence-corrected chi connectivity index (χ1v) is 8.36. The number of hydrogen-bond acceptors (Lipinski definition) is 4. The van der Waals surface area contributed by atoms with Crippen LogP contribution in [-0.2, 0) is 10.0 Å². The Hall–Kier alpha value is -1.29. The third-order valence-corrected chi connectivity index (χ3v) is 5.41. The molecule has 0 amide bonds. The maximum Gasteiger partial charge on any atom is 0.213 e. The van der Waals surface area contributed by atoms with Gasteiger partial charge in [0.25, 0.3) is 0 Å². The average molecular weight is 314 g/mol. The van der Waals surface area contributed by atoms with Gasteiger partial charge in [-0.1, -0.05) is 11.6 Å². The van der Waals surface area contributed by atoms with Gasteiger partial charge < -0.3 is 5.32 Å². The molecule has 0 unspecified atom stereocenters. The summed E-state index contributed by atoms with van der Waals surface area (Å²) in [5.41, 5.74) is 1.23. The van der Waals surface area contributed by atoms with Gasteiger partial charge in [-0.3, -0.25) is 0 Å². The molecule has 1 aromatic carbocycles. The number of nitrogens with one attached hydrogen (secondary N) is 1. The lowest BCUT2D eigenvalue weighted by Crippen LogP contribution is -2.52. The summed E-state index contributed by atoms with van der Waals surface area (Å²) in [5, 5.41) is 12.7. The molecule has 0 radical (unpaired) electrons. The number of nitrogens with zero attached hydrogens (tertiary/aromatic N) is 2. The molecule has 7 heteroatoms. The number of anilines is 1. The van der Waals surface area contributed by atoms with E-state index in [1.165, 1.54) is 4.31 Å². The van der Waals surface area contributed by atoms with Crippen LogP contribution < -0.4 is 5.32 Å². The summed E-state index contributed by atoms with van der Waals surface area (Å²) in [6, 6.07) is 7.18. The van der Waals surface area contributed by atoms with Crippen molar-refractivity contribution in [3.8, 4) is 6.07 Å². The van der Waals surface area contributed by atoms with Crippen LogP contribution in [0.15, 0.2) is 18.2 Å². The SMILES string of the molecule is CCS(=O)(=O)N1CC(CNc2ccc(Cl)cc2C#N)C1. The molecule has 0 spiro atoms. The Labute approximate surface area is 124 Å². The van der Waals surface area contributed by atoms with Gasteiger partial charge in [0, 0.05) is 30.6 Å². The summed E-state index contributed by atoms with van der Waals surface area (Å²) in [7, 11) is -3.06. The molecule has 1 aromatic rings. The van der Waals surface area contributed by atoms with Crippen LogP contribution in [0.1, 0.15) is 12.5 Å². The minimum absolute atomic E-state index is 0.142. The van der Waals surface area contributed by atoms with Crippen LogP contribution >= 0.6 is 11.6 Å². The highest BCUT2D eigenvalue weighted by Gasteiger charge is 2.34. The van der Waals surface area contributed by atoms with E-state index in [1.54, 1.807) is 25.1 Å². The van der Waals surface area contributed by atoms with Crippen molar-refractivity contribution in [1.29, 1.82) is 5.26 Å². The molecule has 0 aromatic heterocycles. The zero-order valence-electron chi connectivity index (χ0n) is 11.1. The Morgan fingerprint density at radius 3 is 2.80 bits per heavy atom. The van der Waals surface area contributed by atoms with Crippen molar-refractivity contribution >= 4 is 27.3 Å². The van der Waals surface area contributed by atoms with E-state index in [9.17, 15) is 8.42 Å². The van der Waals surface area contributed by atoms with E-state index in [2.05, 4.69) is 11.4 Å². The fourth-order valence-corrected chi connectivity index (χ4v) is 3.49. The maximum absolute atomic E-state index is 11.6. The van der Waals surface area contributed by atoms with Gasteiger partial charge in [-0.05, 0) is 25.1 Å². The zero-order chi connectivity index (χ0) is 14.8. The van der Waals surface area contributed by atoms with Crippen LogP contribution in [-0.4, -0.2) is 38.1 Å². The van der Waals surface area contributed by atoms with E-state index in [-0.39, 0.29) is 11.7 Å². The largest absolute Gasteiger partial charge is 0.384 e. The first kappa shape index (κ1) is 15.1. The Morgan fingerprint density at radius 1 is 1.50 bits per heavy atom. The summed E-state index contributed by atoms with van der Waals surface area (Å²) >= 11 is 5.83. The van der Waals surface area contributed by atoms with Crippen molar-refractivity contribution in [3.05, 3.63) is 28.8 Å². The monoisotopic (exact) mass is 313 g/mol. The summed E-state index contributed by atoms with van der Waals surface area (Å²) in [6.07, 6.45) is 0. The fourth-order valence-electron chi connectivity index (χ4n) is 2.08. The fraction of sp³-hybridized carbons (Fsp3) is 0.462. The van der Waals surface area contributed by atoms with E-state index in [1.807, 2.05) is 0 Å². The molecule has 0 saturated carbocycles. The summed E-state index contributed by atoms with van der Waals surface area (Å²) < 4.78 is 24.7. The lowest BCUT2D eigenvalue weighted by Gasteiger charge is -2.38. The van der Waals surface area contributed by atoms with E-state index in [4.69, 9.17) is 16.9 Å². The van der Waals surface area contributed by atoms with Crippen LogP contribution in [0.2, 0.25) is 5.02 Å². The molecule has 0 bridgehead atoms. The van der Waals surface area contributed by atoms with E-state index >= 15 is 0 Å². The summed E-state index contributed by atoms with van der Waals surface area (Å²) in [4.78, 5) is 0. The summed E-state index contributed by atoms with van der Waals surface area (Å²) in [6.45, 7) is 3.37. The molecule has 1 aliphatic rings. The quantitative estimate of drug-likeness (QED) is 0.901. The molecular formula is C13H16ClN3O2S. The average Bonchev–Trinajstić information content (AvgIpc) is 2.38. The molecule has 0 atom stereocenters. The molecule has 1 fully saturated rings. The molecule has 1 heterocycles. The Bertz CT molecular complexity index is 634. The molecule has 1 saturated heterocycles. The first-order valence-electron chi connectivity index (χ1n) is 6.37. The second-order valence-corrected chi connectivity index (χ2v) is 7.46.